The Morgan fingerprint density at radius 1 is 1.40 bits per heavy atom. The number of benzene rings is 1. The van der Waals surface area contributed by atoms with Crippen LogP contribution in [-0.2, 0) is 24.1 Å². The molecule has 5 nitrogen and oxygen atoms in total. The fourth-order valence-electron chi connectivity index (χ4n) is 2.94. The molecule has 0 bridgehead atoms. The van der Waals surface area contributed by atoms with Gasteiger partial charge in [0.15, 0.2) is 11.5 Å². The molecule has 5 heteroatoms. The standard InChI is InChI=1S/C15H16N2O3/c1-10(18)17-6-3-11-8-14-15(20-9-19-14)13(2-5-16)12(11)4-7-17/h8H,2-4,6-7,9H2,1H3. The van der Waals surface area contributed by atoms with Crippen LogP contribution in [-0.4, -0.2) is 30.7 Å². The molecule has 2 heterocycles. The third-order valence-electron chi connectivity index (χ3n) is 3.96. The van der Waals surface area contributed by atoms with Crippen molar-refractivity contribution in [3.05, 3.63) is 22.8 Å². The Hall–Kier alpha value is -2.22. The molecular weight excluding hydrogens is 256 g/mol. The summed E-state index contributed by atoms with van der Waals surface area (Å²) in [5.74, 6) is 1.53. The molecule has 0 atom stereocenters. The average molecular weight is 272 g/mol. The molecule has 3 rings (SSSR count). The van der Waals surface area contributed by atoms with Crippen molar-refractivity contribution in [3.63, 3.8) is 0 Å². The monoisotopic (exact) mass is 272 g/mol. The molecule has 0 spiro atoms. The second-order valence-electron chi connectivity index (χ2n) is 5.07. The van der Waals surface area contributed by atoms with Crippen LogP contribution in [0.4, 0.5) is 0 Å². The first-order chi connectivity index (χ1) is 9.70. The maximum absolute atomic E-state index is 11.5. The predicted octanol–water partition coefficient (Wildman–Crippen LogP) is 1.43. The third-order valence-corrected chi connectivity index (χ3v) is 3.96. The summed E-state index contributed by atoms with van der Waals surface area (Å²) in [7, 11) is 0. The molecule has 0 aliphatic carbocycles. The smallest absolute Gasteiger partial charge is 0.231 e. The van der Waals surface area contributed by atoms with Crippen LogP contribution in [0.5, 0.6) is 11.5 Å². The maximum Gasteiger partial charge on any atom is 0.231 e. The van der Waals surface area contributed by atoms with Crippen molar-refractivity contribution in [2.45, 2.75) is 26.2 Å². The van der Waals surface area contributed by atoms with E-state index in [0.29, 0.717) is 25.3 Å². The van der Waals surface area contributed by atoms with Crippen molar-refractivity contribution < 1.29 is 14.3 Å². The van der Waals surface area contributed by atoms with Crippen LogP contribution in [0.15, 0.2) is 6.07 Å². The van der Waals surface area contributed by atoms with Gasteiger partial charge in [0.05, 0.1) is 12.5 Å². The highest BCUT2D eigenvalue weighted by Crippen LogP contribution is 2.40. The highest BCUT2D eigenvalue weighted by atomic mass is 16.7. The van der Waals surface area contributed by atoms with Crippen LogP contribution < -0.4 is 9.47 Å². The van der Waals surface area contributed by atoms with Crippen molar-refractivity contribution in [2.75, 3.05) is 19.9 Å². The third kappa shape index (κ3) is 2.07. The Kier molecular flexibility index (Phi) is 3.23. The highest BCUT2D eigenvalue weighted by molar-refractivity contribution is 5.73. The normalized spacial score (nSPS) is 16.3. The molecular formula is C15H16N2O3. The van der Waals surface area contributed by atoms with Gasteiger partial charge in [-0.25, -0.2) is 0 Å². The van der Waals surface area contributed by atoms with Crippen molar-refractivity contribution in [3.8, 4) is 17.6 Å². The van der Waals surface area contributed by atoms with E-state index < -0.39 is 0 Å². The minimum atomic E-state index is 0.0969. The number of hydrogen-bond acceptors (Lipinski definition) is 4. The Balaban J connectivity index is 2.03. The first-order valence-corrected chi connectivity index (χ1v) is 6.76. The number of hydrogen-bond donors (Lipinski definition) is 0. The van der Waals surface area contributed by atoms with Crippen LogP contribution in [0.1, 0.15) is 23.6 Å². The van der Waals surface area contributed by atoms with E-state index in [4.69, 9.17) is 14.7 Å². The number of nitriles is 1. The lowest BCUT2D eigenvalue weighted by Gasteiger charge is -2.17. The average Bonchev–Trinajstić information content (AvgIpc) is 2.77. The van der Waals surface area contributed by atoms with E-state index >= 15 is 0 Å². The van der Waals surface area contributed by atoms with Crippen molar-refractivity contribution in [2.24, 2.45) is 0 Å². The summed E-state index contributed by atoms with van der Waals surface area (Å²) in [5.41, 5.74) is 3.26. The van der Waals surface area contributed by atoms with Crippen LogP contribution in [0.3, 0.4) is 0 Å². The lowest BCUT2D eigenvalue weighted by atomic mass is 9.94. The Morgan fingerprint density at radius 2 is 2.20 bits per heavy atom. The summed E-state index contributed by atoms with van der Waals surface area (Å²) in [6, 6.07) is 4.20. The number of fused-ring (bicyclic) bond motifs is 2. The summed E-state index contributed by atoms with van der Waals surface area (Å²) >= 11 is 0. The lowest BCUT2D eigenvalue weighted by Crippen LogP contribution is -2.31. The summed E-state index contributed by atoms with van der Waals surface area (Å²) < 4.78 is 11.0. The van der Waals surface area contributed by atoms with Crippen molar-refractivity contribution >= 4 is 5.91 Å². The van der Waals surface area contributed by atoms with E-state index in [0.717, 1.165) is 29.7 Å². The number of nitrogens with zero attached hydrogens (tertiary/aromatic N) is 2. The topological polar surface area (TPSA) is 62.6 Å². The zero-order chi connectivity index (χ0) is 14.1. The molecule has 104 valence electrons. The number of ether oxygens (including phenoxy) is 2. The first kappa shape index (κ1) is 12.8. The molecule has 0 N–H and O–H groups in total. The molecule has 1 amide bonds. The summed E-state index contributed by atoms with van der Waals surface area (Å²) in [4.78, 5) is 13.4. The lowest BCUT2D eigenvalue weighted by molar-refractivity contribution is -0.128. The van der Waals surface area contributed by atoms with Gasteiger partial charge < -0.3 is 14.4 Å². The van der Waals surface area contributed by atoms with Gasteiger partial charge in [-0.1, -0.05) is 0 Å². The minimum absolute atomic E-state index is 0.0969. The molecule has 0 unspecified atom stereocenters. The van der Waals surface area contributed by atoms with Gasteiger partial charge in [-0.05, 0) is 30.0 Å². The molecule has 2 aliphatic rings. The van der Waals surface area contributed by atoms with E-state index in [-0.39, 0.29) is 12.7 Å². The predicted molar refractivity (Wildman–Crippen MR) is 71.5 cm³/mol. The molecule has 2 aliphatic heterocycles. The van der Waals surface area contributed by atoms with Gasteiger partial charge in [0, 0.05) is 25.6 Å². The quantitative estimate of drug-likeness (QED) is 0.776. The van der Waals surface area contributed by atoms with Crippen LogP contribution in [0.2, 0.25) is 0 Å². The molecule has 0 fully saturated rings. The van der Waals surface area contributed by atoms with Gasteiger partial charge in [-0.3, -0.25) is 4.79 Å². The fraction of sp³-hybridized carbons (Fsp3) is 0.467. The van der Waals surface area contributed by atoms with Crippen molar-refractivity contribution in [1.29, 1.82) is 5.26 Å². The van der Waals surface area contributed by atoms with Crippen LogP contribution in [0, 0.1) is 11.3 Å². The second-order valence-corrected chi connectivity index (χ2v) is 5.07. The largest absolute Gasteiger partial charge is 0.454 e. The van der Waals surface area contributed by atoms with Gasteiger partial charge in [-0.2, -0.15) is 5.26 Å². The van der Waals surface area contributed by atoms with E-state index in [1.807, 2.05) is 11.0 Å². The zero-order valence-electron chi connectivity index (χ0n) is 11.4. The Morgan fingerprint density at radius 3 is 2.95 bits per heavy atom. The maximum atomic E-state index is 11.5. The van der Waals surface area contributed by atoms with Crippen molar-refractivity contribution in [1.82, 2.24) is 4.90 Å². The molecule has 0 radical (unpaired) electrons. The number of carbonyl (C=O) groups excluding carboxylic acids is 1. The first-order valence-electron chi connectivity index (χ1n) is 6.76. The zero-order valence-corrected chi connectivity index (χ0v) is 11.4. The molecule has 0 saturated carbocycles. The van der Waals surface area contributed by atoms with E-state index in [9.17, 15) is 4.79 Å². The Labute approximate surface area is 117 Å². The van der Waals surface area contributed by atoms with E-state index in [1.54, 1.807) is 6.92 Å². The van der Waals surface area contributed by atoms with Crippen LogP contribution >= 0.6 is 0 Å². The SMILES string of the molecule is CC(=O)N1CCc2cc3c(c(CC#N)c2CC1)OCO3. The molecule has 0 aromatic heterocycles. The van der Waals surface area contributed by atoms with E-state index in [2.05, 4.69) is 6.07 Å². The molecule has 0 saturated heterocycles. The minimum Gasteiger partial charge on any atom is -0.454 e. The second kappa shape index (κ2) is 5.04. The van der Waals surface area contributed by atoms with Crippen LogP contribution in [0.25, 0.3) is 0 Å². The molecule has 1 aromatic rings. The van der Waals surface area contributed by atoms with Gasteiger partial charge in [-0.15, -0.1) is 0 Å². The molecule has 1 aromatic carbocycles. The molecule has 20 heavy (non-hydrogen) atoms. The van der Waals surface area contributed by atoms with E-state index in [1.165, 1.54) is 5.56 Å². The summed E-state index contributed by atoms with van der Waals surface area (Å²) in [5, 5.41) is 9.05. The number of amides is 1. The summed E-state index contributed by atoms with van der Waals surface area (Å²) in [6.07, 6.45) is 1.88. The fourth-order valence-corrected chi connectivity index (χ4v) is 2.94. The van der Waals surface area contributed by atoms with Gasteiger partial charge in [0.1, 0.15) is 0 Å². The highest BCUT2D eigenvalue weighted by Gasteiger charge is 2.26. The van der Waals surface area contributed by atoms with Gasteiger partial charge in [0.2, 0.25) is 12.7 Å². The van der Waals surface area contributed by atoms with Gasteiger partial charge in [0.25, 0.3) is 0 Å². The summed E-state index contributed by atoms with van der Waals surface area (Å²) in [6.45, 7) is 3.23. The number of carbonyl (C=O) groups is 1. The number of rotatable bonds is 1. The Bertz CT molecular complexity index is 604. The van der Waals surface area contributed by atoms with Gasteiger partial charge >= 0.3 is 0 Å².